The van der Waals surface area contributed by atoms with Crippen molar-refractivity contribution in [2.24, 2.45) is 5.73 Å². The number of primary amides is 1. The Morgan fingerprint density at radius 3 is 2.29 bits per heavy atom. The molecule has 0 spiro atoms. The molecule has 1 aliphatic heterocycles. The Balaban J connectivity index is 2.36. The molecular weight excluding hydrogens is 292 g/mol. The third kappa shape index (κ3) is 5.54. The number of rotatable bonds is 8. The van der Waals surface area contributed by atoms with Crippen LogP contribution < -0.4 is 11.1 Å². The molecule has 8 heteroatoms. The largest absolute Gasteiger partial charge is 0.368 e. The molecule has 3 N–H and O–H groups in total. The fourth-order valence-corrected chi connectivity index (χ4v) is 3.46. The van der Waals surface area contributed by atoms with Crippen LogP contribution in [0.3, 0.4) is 0 Å². The van der Waals surface area contributed by atoms with Gasteiger partial charge in [-0.25, -0.2) is 8.42 Å². The van der Waals surface area contributed by atoms with Crippen LogP contribution in [0.1, 0.15) is 26.7 Å². The summed E-state index contributed by atoms with van der Waals surface area (Å²) in [5, 5.41) is 3.14. The first kappa shape index (κ1) is 18.3. The van der Waals surface area contributed by atoms with Crippen molar-refractivity contribution in [3.63, 3.8) is 0 Å². The summed E-state index contributed by atoms with van der Waals surface area (Å²) in [6.07, 6.45) is 2.78. The first-order chi connectivity index (χ1) is 9.69. The molecule has 1 unspecified atom stereocenters. The third-order valence-corrected chi connectivity index (χ3v) is 5.37. The van der Waals surface area contributed by atoms with Gasteiger partial charge in [-0.3, -0.25) is 4.79 Å². The first-order valence-electron chi connectivity index (χ1n) is 7.41. The van der Waals surface area contributed by atoms with E-state index in [2.05, 4.69) is 10.2 Å². The molecule has 0 aromatic rings. The van der Waals surface area contributed by atoms with E-state index < -0.39 is 15.6 Å². The molecule has 7 nitrogen and oxygen atoms in total. The minimum Gasteiger partial charge on any atom is -0.368 e. The predicted molar refractivity (Wildman–Crippen MR) is 83.4 cm³/mol. The molecule has 1 heterocycles. The molecule has 0 aromatic carbocycles. The van der Waals surface area contributed by atoms with Crippen molar-refractivity contribution in [3.8, 4) is 0 Å². The molecule has 0 aromatic heterocycles. The summed E-state index contributed by atoms with van der Waals surface area (Å²) in [6, 6.07) is 0. The van der Waals surface area contributed by atoms with Gasteiger partial charge in [0.25, 0.3) is 0 Å². The molecular formula is C13H28N4O3S. The van der Waals surface area contributed by atoms with Crippen LogP contribution in [0.4, 0.5) is 0 Å². The van der Waals surface area contributed by atoms with Crippen LogP contribution in [0.25, 0.3) is 0 Å². The molecule has 21 heavy (non-hydrogen) atoms. The molecule has 1 atom stereocenters. The molecule has 1 amide bonds. The average Bonchev–Trinajstić information content (AvgIpc) is 2.38. The van der Waals surface area contributed by atoms with Gasteiger partial charge >= 0.3 is 0 Å². The lowest BCUT2D eigenvalue weighted by molar-refractivity contribution is -0.124. The average molecular weight is 320 g/mol. The van der Waals surface area contributed by atoms with Crippen LogP contribution in [-0.2, 0) is 14.8 Å². The molecule has 1 rings (SSSR count). The standard InChI is InChI=1S/C13H28N4O3S/c1-4-15-13(2,12(14)18)6-5-7-16-8-10-17(11-9-16)21(3,19)20/h15H,4-11H2,1-3H3,(H2,14,18). The fourth-order valence-electron chi connectivity index (χ4n) is 2.63. The second-order valence-corrected chi connectivity index (χ2v) is 7.82. The van der Waals surface area contributed by atoms with Gasteiger partial charge in [0.2, 0.25) is 15.9 Å². The Bertz CT molecular complexity index is 446. The van der Waals surface area contributed by atoms with Gasteiger partial charge in [-0.05, 0) is 32.9 Å². The van der Waals surface area contributed by atoms with Crippen molar-refractivity contribution in [3.05, 3.63) is 0 Å². The summed E-state index contributed by atoms with van der Waals surface area (Å²) in [4.78, 5) is 13.8. The lowest BCUT2D eigenvalue weighted by Gasteiger charge is -2.34. The number of carbonyl (C=O) groups excluding carboxylic acids is 1. The zero-order chi connectivity index (χ0) is 16.1. The van der Waals surface area contributed by atoms with Gasteiger partial charge in [-0.2, -0.15) is 4.31 Å². The highest BCUT2D eigenvalue weighted by Crippen LogP contribution is 2.13. The summed E-state index contributed by atoms with van der Waals surface area (Å²) in [6.45, 7) is 7.89. The Hall–Kier alpha value is -0.700. The van der Waals surface area contributed by atoms with Crippen LogP contribution in [-0.4, -0.2) is 74.6 Å². The van der Waals surface area contributed by atoms with Gasteiger partial charge in [-0.1, -0.05) is 6.92 Å². The molecule has 1 saturated heterocycles. The Morgan fingerprint density at radius 1 is 1.29 bits per heavy atom. The van der Waals surface area contributed by atoms with E-state index >= 15 is 0 Å². The number of nitrogens with two attached hydrogens (primary N) is 1. The number of nitrogens with zero attached hydrogens (tertiary/aromatic N) is 2. The number of hydrogen-bond donors (Lipinski definition) is 2. The van der Waals surface area contributed by atoms with E-state index in [-0.39, 0.29) is 5.91 Å². The number of carbonyl (C=O) groups is 1. The van der Waals surface area contributed by atoms with Gasteiger partial charge in [0.05, 0.1) is 11.8 Å². The number of hydrogen-bond acceptors (Lipinski definition) is 5. The minimum absolute atomic E-state index is 0.328. The predicted octanol–water partition coefficient (Wildman–Crippen LogP) is -0.803. The van der Waals surface area contributed by atoms with E-state index in [1.807, 2.05) is 13.8 Å². The highest BCUT2D eigenvalue weighted by Gasteiger charge is 2.30. The van der Waals surface area contributed by atoms with Gasteiger partial charge in [0.15, 0.2) is 0 Å². The lowest BCUT2D eigenvalue weighted by Crippen LogP contribution is -2.53. The number of amides is 1. The molecule has 0 aliphatic carbocycles. The monoisotopic (exact) mass is 320 g/mol. The maximum atomic E-state index is 11.5. The van der Waals surface area contributed by atoms with Crippen LogP contribution in [0.2, 0.25) is 0 Å². The van der Waals surface area contributed by atoms with Crippen LogP contribution in [0, 0.1) is 0 Å². The minimum atomic E-state index is -3.08. The highest BCUT2D eigenvalue weighted by atomic mass is 32.2. The van der Waals surface area contributed by atoms with E-state index in [1.54, 1.807) is 0 Å². The van der Waals surface area contributed by atoms with Crippen molar-refractivity contribution in [2.45, 2.75) is 32.2 Å². The normalized spacial score (nSPS) is 21.1. The highest BCUT2D eigenvalue weighted by molar-refractivity contribution is 7.88. The first-order valence-corrected chi connectivity index (χ1v) is 9.26. The summed E-state index contributed by atoms with van der Waals surface area (Å²) in [5.74, 6) is -0.328. The maximum Gasteiger partial charge on any atom is 0.237 e. The molecule has 1 aliphatic rings. The van der Waals surface area contributed by atoms with Crippen molar-refractivity contribution in [1.29, 1.82) is 0 Å². The van der Waals surface area contributed by atoms with Gasteiger partial charge < -0.3 is 16.0 Å². The Labute approximate surface area is 127 Å². The molecule has 0 saturated carbocycles. The summed E-state index contributed by atoms with van der Waals surface area (Å²) in [7, 11) is -3.08. The van der Waals surface area contributed by atoms with Crippen molar-refractivity contribution >= 4 is 15.9 Å². The number of likely N-dealkylation sites (N-methyl/N-ethyl adjacent to an activating group) is 1. The molecule has 1 fully saturated rings. The van der Waals surface area contributed by atoms with Gasteiger partial charge in [-0.15, -0.1) is 0 Å². The van der Waals surface area contributed by atoms with E-state index in [1.165, 1.54) is 10.6 Å². The van der Waals surface area contributed by atoms with Crippen LogP contribution >= 0.6 is 0 Å². The van der Waals surface area contributed by atoms with Crippen molar-refractivity contribution in [1.82, 2.24) is 14.5 Å². The van der Waals surface area contributed by atoms with E-state index in [0.717, 1.165) is 26.1 Å². The van der Waals surface area contributed by atoms with Gasteiger partial charge in [0.1, 0.15) is 0 Å². The van der Waals surface area contributed by atoms with Crippen LogP contribution in [0.5, 0.6) is 0 Å². The third-order valence-electron chi connectivity index (χ3n) is 4.06. The smallest absolute Gasteiger partial charge is 0.237 e. The van der Waals surface area contributed by atoms with E-state index in [9.17, 15) is 13.2 Å². The second kappa shape index (κ2) is 7.53. The molecule has 0 bridgehead atoms. The van der Waals surface area contributed by atoms with Crippen molar-refractivity contribution in [2.75, 3.05) is 45.5 Å². The number of nitrogens with one attached hydrogen (secondary N) is 1. The second-order valence-electron chi connectivity index (χ2n) is 5.83. The zero-order valence-corrected chi connectivity index (χ0v) is 14.1. The van der Waals surface area contributed by atoms with E-state index in [0.29, 0.717) is 26.1 Å². The topological polar surface area (TPSA) is 95.7 Å². The quantitative estimate of drug-likeness (QED) is 0.610. The summed E-state index contributed by atoms with van der Waals surface area (Å²) in [5.41, 5.74) is 4.79. The SMILES string of the molecule is CCNC(C)(CCCN1CCN(S(C)(=O)=O)CC1)C(N)=O. The summed E-state index contributed by atoms with van der Waals surface area (Å²) < 4.78 is 24.4. The Morgan fingerprint density at radius 2 is 1.86 bits per heavy atom. The number of sulfonamides is 1. The lowest BCUT2D eigenvalue weighted by atomic mass is 9.94. The maximum absolute atomic E-state index is 11.5. The summed E-state index contributed by atoms with van der Waals surface area (Å²) >= 11 is 0. The Kier molecular flexibility index (Phi) is 6.58. The van der Waals surface area contributed by atoms with Crippen molar-refractivity contribution < 1.29 is 13.2 Å². The number of piperazine rings is 1. The fraction of sp³-hybridized carbons (Fsp3) is 0.923. The van der Waals surface area contributed by atoms with Crippen LogP contribution in [0.15, 0.2) is 0 Å². The molecule has 0 radical (unpaired) electrons. The van der Waals surface area contributed by atoms with Gasteiger partial charge in [0, 0.05) is 26.2 Å². The molecule has 124 valence electrons. The zero-order valence-electron chi connectivity index (χ0n) is 13.3. The van der Waals surface area contributed by atoms with E-state index in [4.69, 9.17) is 5.73 Å².